The molecule has 0 saturated heterocycles. The summed E-state index contributed by atoms with van der Waals surface area (Å²) in [6.45, 7) is 0. The first kappa shape index (κ1) is 16.3. The van der Waals surface area contributed by atoms with Gasteiger partial charge in [0.25, 0.3) is 6.29 Å². The lowest BCUT2D eigenvalue weighted by Crippen LogP contribution is -2.20. The topological polar surface area (TPSA) is 124 Å². The average Bonchev–Trinajstić information content (AvgIpc) is 2.82. The van der Waals surface area contributed by atoms with E-state index < -0.39 is 52.6 Å². The van der Waals surface area contributed by atoms with Gasteiger partial charge in [-0.15, -0.1) is 4.73 Å². The summed E-state index contributed by atoms with van der Waals surface area (Å²) < 4.78 is 54.8. The van der Waals surface area contributed by atoms with E-state index in [1.165, 1.54) is 0 Å². The molecule has 2 aromatic rings. The van der Waals surface area contributed by atoms with Gasteiger partial charge in [-0.2, -0.15) is 0 Å². The Kier molecular flexibility index (Phi) is 4.20. The van der Waals surface area contributed by atoms with Gasteiger partial charge in [0.15, 0.2) is 23.3 Å². The number of hydrogen-bond acceptors (Lipinski definition) is 5. The maximum atomic E-state index is 13.8. The SMILES string of the molecule is [N-]=[N+]=Nc1c(F)c(F)c(C(O)On2c(O)ccc2O)c(F)c1F. The van der Waals surface area contributed by atoms with Gasteiger partial charge in [-0.3, -0.25) is 0 Å². The van der Waals surface area contributed by atoms with Gasteiger partial charge in [0, 0.05) is 17.0 Å². The summed E-state index contributed by atoms with van der Waals surface area (Å²) in [5.74, 6) is -9.81. The Hall–Kier alpha value is -3.11. The molecular weight excluding hydrogens is 328 g/mol. The van der Waals surface area contributed by atoms with Crippen LogP contribution < -0.4 is 4.84 Å². The fourth-order valence-corrected chi connectivity index (χ4v) is 1.65. The van der Waals surface area contributed by atoms with Crippen LogP contribution in [0.15, 0.2) is 17.2 Å². The largest absolute Gasteiger partial charge is 0.492 e. The molecule has 1 aromatic carbocycles. The molecule has 0 spiro atoms. The second kappa shape index (κ2) is 5.94. The zero-order chi connectivity index (χ0) is 17.3. The third kappa shape index (κ3) is 2.67. The average molecular weight is 334 g/mol. The number of halogens is 4. The van der Waals surface area contributed by atoms with Gasteiger partial charge in [0.2, 0.25) is 11.8 Å². The zero-order valence-corrected chi connectivity index (χ0v) is 10.8. The van der Waals surface area contributed by atoms with Crippen LogP contribution in [0.3, 0.4) is 0 Å². The lowest BCUT2D eigenvalue weighted by molar-refractivity contribution is -0.120. The Morgan fingerprint density at radius 3 is 1.96 bits per heavy atom. The van der Waals surface area contributed by atoms with Crippen LogP contribution in [0.25, 0.3) is 10.4 Å². The van der Waals surface area contributed by atoms with Gasteiger partial charge in [0.05, 0.1) is 5.56 Å². The number of azide groups is 1. The van der Waals surface area contributed by atoms with E-state index in [2.05, 4.69) is 9.95 Å². The normalized spacial score (nSPS) is 11.9. The molecule has 1 unspecified atom stereocenters. The summed E-state index contributed by atoms with van der Waals surface area (Å²) >= 11 is 0. The quantitative estimate of drug-likeness (QED) is 0.198. The van der Waals surface area contributed by atoms with Crippen LogP contribution in [-0.2, 0) is 0 Å². The molecule has 0 radical (unpaired) electrons. The van der Waals surface area contributed by atoms with E-state index in [1.807, 2.05) is 4.91 Å². The van der Waals surface area contributed by atoms with Crippen molar-refractivity contribution in [3.8, 4) is 11.8 Å². The second-order valence-electron chi connectivity index (χ2n) is 4.01. The summed E-state index contributed by atoms with van der Waals surface area (Å²) in [5, 5.41) is 30.6. The van der Waals surface area contributed by atoms with E-state index >= 15 is 0 Å². The van der Waals surface area contributed by atoms with Crippen LogP contribution in [0.4, 0.5) is 23.2 Å². The summed E-state index contributed by atoms with van der Waals surface area (Å²) in [6.07, 6.45) is -2.65. The molecule has 0 fully saturated rings. The molecule has 0 bridgehead atoms. The highest BCUT2D eigenvalue weighted by atomic mass is 19.2. The molecule has 0 aliphatic heterocycles. The first-order valence-corrected chi connectivity index (χ1v) is 5.65. The number of benzene rings is 1. The van der Waals surface area contributed by atoms with E-state index in [4.69, 9.17) is 5.53 Å². The highest BCUT2D eigenvalue weighted by Crippen LogP contribution is 2.33. The first-order chi connectivity index (χ1) is 10.8. The van der Waals surface area contributed by atoms with Crippen LogP contribution in [0.2, 0.25) is 0 Å². The van der Waals surface area contributed by atoms with Crippen molar-refractivity contribution in [1.29, 1.82) is 0 Å². The Morgan fingerprint density at radius 1 is 1.04 bits per heavy atom. The molecule has 122 valence electrons. The Bertz CT molecular complexity index is 770. The third-order valence-electron chi connectivity index (χ3n) is 2.67. The standard InChI is InChI=1S/C11H6F4N4O4/c12-6-5(7(13)9(15)10(8(6)14)17-18-16)11(22)23-19-3(20)1-2-4(19)21/h1-2,11,20-22H. The fraction of sp³-hybridized carbons (Fsp3) is 0.0909. The highest BCUT2D eigenvalue weighted by Gasteiger charge is 2.31. The van der Waals surface area contributed by atoms with Gasteiger partial charge >= 0.3 is 0 Å². The molecule has 1 heterocycles. The minimum absolute atomic E-state index is 0.153. The Labute approximate surface area is 124 Å². The molecule has 23 heavy (non-hydrogen) atoms. The molecule has 8 nitrogen and oxygen atoms in total. The monoisotopic (exact) mass is 334 g/mol. The highest BCUT2D eigenvalue weighted by molar-refractivity contribution is 5.45. The summed E-state index contributed by atoms with van der Waals surface area (Å²) in [6, 6.07) is 1.81. The van der Waals surface area contributed by atoms with Gasteiger partial charge < -0.3 is 20.2 Å². The number of rotatable bonds is 4. The molecule has 3 N–H and O–H groups in total. The maximum absolute atomic E-state index is 13.8. The number of hydrogen-bond donors (Lipinski definition) is 3. The van der Waals surface area contributed by atoms with Crippen LogP contribution >= 0.6 is 0 Å². The zero-order valence-electron chi connectivity index (χ0n) is 10.8. The lowest BCUT2D eigenvalue weighted by atomic mass is 10.1. The molecule has 2 rings (SSSR count). The van der Waals surface area contributed by atoms with Crippen molar-refractivity contribution in [2.24, 2.45) is 5.11 Å². The molecule has 0 saturated carbocycles. The van der Waals surface area contributed by atoms with Gasteiger partial charge in [0.1, 0.15) is 5.69 Å². The molecule has 0 amide bonds. The fourth-order valence-electron chi connectivity index (χ4n) is 1.65. The molecule has 0 aliphatic rings. The van der Waals surface area contributed by atoms with Crippen molar-refractivity contribution in [3.63, 3.8) is 0 Å². The predicted octanol–water partition coefficient (Wildman–Crippen LogP) is 2.52. The number of nitrogens with zero attached hydrogens (tertiary/aromatic N) is 4. The van der Waals surface area contributed by atoms with Crippen LogP contribution in [-0.4, -0.2) is 20.0 Å². The second-order valence-corrected chi connectivity index (χ2v) is 4.01. The molecule has 12 heteroatoms. The van der Waals surface area contributed by atoms with Crippen LogP contribution in [0.1, 0.15) is 11.9 Å². The number of aliphatic hydroxyl groups is 1. The predicted molar refractivity (Wildman–Crippen MR) is 64.4 cm³/mol. The lowest BCUT2D eigenvalue weighted by Gasteiger charge is -2.17. The van der Waals surface area contributed by atoms with E-state index in [0.717, 1.165) is 12.1 Å². The smallest absolute Gasteiger partial charge is 0.254 e. The summed E-state index contributed by atoms with van der Waals surface area (Å²) in [7, 11) is 0. The van der Waals surface area contributed by atoms with E-state index in [9.17, 15) is 32.9 Å². The molecule has 1 aromatic heterocycles. The van der Waals surface area contributed by atoms with E-state index in [0.29, 0.717) is 0 Å². The van der Waals surface area contributed by atoms with E-state index in [1.54, 1.807) is 0 Å². The van der Waals surface area contributed by atoms with Gasteiger partial charge in [-0.25, -0.2) is 17.6 Å². The number of aromatic nitrogens is 1. The minimum atomic E-state index is -2.65. The maximum Gasteiger partial charge on any atom is 0.254 e. The van der Waals surface area contributed by atoms with E-state index in [-0.39, 0.29) is 4.73 Å². The van der Waals surface area contributed by atoms with Crippen LogP contribution in [0, 0.1) is 23.3 Å². The number of aromatic hydroxyl groups is 2. The number of aliphatic hydroxyl groups excluding tert-OH is 1. The van der Waals surface area contributed by atoms with Gasteiger partial charge in [-0.1, -0.05) is 5.11 Å². The third-order valence-corrected chi connectivity index (χ3v) is 2.67. The molecule has 1 atom stereocenters. The first-order valence-electron chi connectivity index (χ1n) is 5.65. The van der Waals surface area contributed by atoms with Crippen LogP contribution in [0.5, 0.6) is 11.8 Å². The van der Waals surface area contributed by atoms with Crippen molar-refractivity contribution >= 4 is 5.69 Å². The van der Waals surface area contributed by atoms with Gasteiger partial charge in [-0.05, 0) is 5.53 Å². The van der Waals surface area contributed by atoms with Crippen molar-refractivity contribution in [3.05, 3.63) is 51.4 Å². The summed E-state index contributed by atoms with van der Waals surface area (Å²) in [4.78, 5) is 6.44. The van der Waals surface area contributed by atoms with Crippen molar-refractivity contribution in [2.75, 3.05) is 0 Å². The summed E-state index contributed by atoms with van der Waals surface area (Å²) in [5.41, 5.74) is 4.95. The Morgan fingerprint density at radius 2 is 1.52 bits per heavy atom. The molecule has 0 aliphatic carbocycles. The Balaban J connectivity index is 2.53. The minimum Gasteiger partial charge on any atom is -0.492 e. The molecular formula is C11H6F4N4O4. The van der Waals surface area contributed by atoms with Crippen molar-refractivity contribution in [1.82, 2.24) is 4.73 Å². The van der Waals surface area contributed by atoms with Crippen molar-refractivity contribution in [2.45, 2.75) is 6.29 Å². The van der Waals surface area contributed by atoms with Crippen molar-refractivity contribution < 1.29 is 37.7 Å².